The van der Waals surface area contributed by atoms with E-state index < -0.39 is 0 Å². The molecule has 0 bridgehead atoms. The van der Waals surface area contributed by atoms with E-state index in [2.05, 4.69) is 24.3 Å². The Balaban J connectivity index is 3.00. The Labute approximate surface area is 75.3 Å². The van der Waals surface area contributed by atoms with Crippen LogP contribution < -0.4 is 16.8 Å². The number of rotatable bonds is 7. The summed E-state index contributed by atoms with van der Waals surface area (Å²) in [4.78, 5) is 2.17. The Morgan fingerprint density at radius 1 is 1.42 bits per heavy atom. The molecule has 1 atom stereocenters. The van der Waals surface area contributed by atoms with Crippen molar-refractivity contribution in [2.24, 2.45) is 11.5 Å². The SMILES string of the molecule is CN(C)CCCNCC(N)CN. The Hall–Kier alpha value is -0.160. The van der Waals surface area contributed by atoms with Crippen molar-refractivity contribution in [3.05, 3.63) is 0 Å². The lowest BCUT2D eigenvalue weighted by Gasteiger charge is -2.12. The number of nitrogens with one attached hydrogen (secondary N) is 1. The molecule has 0 radical (unpaired) electrons. The Morgan fingerprint density at radius 2 is 2.08 bits per heavy atom. The molecule has 0 fully saturated rings. The maximum absolute atomic E-state index is 5.62. The van der Waals surface area contributed by atoms with E-state index in [9.17, 15) is 0 Å². The highest BCUT2D eigenvalue weighted by Gasteiger charge is 1.97. The summed E-state index contributed by atoms with van der Waals surface area (Å²) in [5, 5.41) is 3.26. The minimum absolute atomic E-state index is 0.101. The van der Waals surface area contributed by atoms with Crippen LogP contribution >= 0.6 is 0 Å². The highest BCUT2D eigenvalue weighted by molar-refractivity contribution is 4.64. The minimum atomic E-state index is 0.101. The van der Waals surface area contributed by atoms with Crippen LogP contribution in [-0.4, -0.2) is 51.2 Å². The van der Waals surface area contributed by atoms with E-state index >= 15 is 0 Å². The molecule has 0 saturated carbocycles. The Kier molecular flexibility index (Phi) is 7.39. The lowest BCUT2D eigenvalue weighted by molar-refractivity contribution is 0.393. The van der Waals surface area contributed by atoms with Gasteiger partial charge in [-0.1, -0.05) is 0 Å². The van der Waals surface area contributed by atoms with Gasteiger partial charge in [-0.05, 0) is 33.6 Å². The molecule has 0 aromatic rings. The largest absolute Gasteiger partial charge is 0.329 e. The summed E-state index contributed by atoms with van der Waals surface area (Å²) in [6.45, 7) is 3.52. The fraction of sp³-hybridized carbons (Fsp3) is 1.00. The predicted octanol–water partition coefficient (Wildman–Crippen LogP) is -1.19. The zero-order valence-electron chi connectivity index (χ0n) is 8.21. The molecule has 5 N–H and O–H groups in total. The van der Waals surface area contributed by atoms with Gasteiger partial charge in [-0.2, -0.15) is 0 Å². The third kappa shape index (κ3) is 7.94. The number of nitrogens with zero attached hydrogens (tertiary/aromatic N) is 1. The summed E-state index contributed by atoms with van der Waals surface area (Å²) < 4.78 is 0. The van der Waals surface area contributed by atoms with Crippen LogP contribution in [0.3, 0.4) is 0 Å². The molecule has 0 saturated heterocycles. The van der Waals surface area contributed by atoms with Crippen LogP contribution in [0.4, 0.5) is 0 Å². The van der Waals surface area contributed by atoms with Crippen molar-refractivity contribution in [1.29, 1.82) is 0 Å². The van der Waals surface area contributed by atoms with E-state index in [1.54, 1.807) is 0 Å². The fourth-order valence-electron chi connectivity index (χ4n) is 0.891. The van der Waals surface area contributed by atoms with Gasteiger partial charge in [-0.3, -0.25) is 0 Å². The fourth-order valence-corrected chi connectivity index (χ4v) is 0.891. The van der Waals surface area contributed by atoms with Gasteiger partial charge in [0.05, 0.1) is 0 Å². The van der Waals surface area contributed by atoms with Crippen molar-refractivity contribution in [3.8, 4) is 0 Å². The lowest BCUT2D eigenvalue weighted by atomic mass is 10.3. The van der Waals surface area contributed by atoms with Gasteiger partial charge in [-0.15, -0.1) is 0 Å². The molecule has 0 aromatic carbocycles. The zero-order chi connectivity index (χ0) is 9.40. The molecule has 4 heteroatoms. The molecule has 0 aliphatic rings. The standard InChI is InChI=1S/C8H22N4/c1-12(2)5-3-4-11-7-8(10)6-9/h8,11H,3-7,9-10H2,1-2H3. The molecule has 0 aliphatic carbocycles. The van der Waals surface area contributed by atoms with Crippen LogP contribution in [0.1, 0.15) is 6.42 Å². The first kappa shape index (κ1) is 11.8. The lowest BCUT2D eigenvalue weighted by Crippen LogP contribution is -2.40. The topological polar surface area (TPSA) is 67.3 Å². The van der Waals surface area contributed by atoms with Crippen LogP contribution in [0.25, 0.3) is 0 Å². The van der Waals surface area contributed by atoms with Crippen molar-refractivity contribution in [3.63, 3.8) is 0 Å². The average Bonchev–Trinajstić information content (AvgIpc) is 2.03. The van der Waals surface area contributed by atoms with E-state index in [1.165, 1.54) is 0 Å². The molecule has 12 heavy (non-hydrogen) atoms. The Bertz CT molecular complexity index is 95.1. The summed E-state index contributed by atoms with van der Waals surface area (Å²) >= 11 is 0. The molecule has 0 rings (SSSR count). The molecular formula is C8H22N4. The van der Waals surface area contributed by atoms with Crippen LogP contribution in [-0.2, 0) is 0 Å². The highest BCUT2D eigenvalue weighted by atomic mass is 15.1. The maximum Gasteiger partial charge on any atom is 0.0290 e. The van der Waals surface area contributed by atoms with E-state index in [0.29, 0.717) is 6.54 Å². The minimum Gasteiger partial charge on any atom is -0.329 e. The highest BCUT2D eigenvalue weighted by Crippen LogP contribution is 1.80. The van der Waals surface area contributed by atoms with Gasteiger partial charge in [0.2, 0.25) is 0 Å². The van der Waals surface area contributed by atoms with Crippen molar-refractivity contribution >= 4 is 0 Å². The first-order valence-electron chi connectivity index (χ1n) is 4.48. The molecule has 0 aromatic heterocycles. The van der Waals surface area contributed by atoms with Crippen LogP contribution in [0.5, 0.6) is 0 Å². The van der Waals surface area contributed by atoms with Gasteiger partial charge in [0.25, 0.3) is 0 Å². The molecule has 0 aliphatic heterocycles. The molecular weight excluding hydrogens is 152 g/mol. The van der Waals surface area contributed by atoms with Gasteiger partial charge in [0.15, 0.2) is 0 Å². The molecule has 0 spiro atoms. The zero-order valence-corrected chi connectivity index (χ0v) is 8.21. The number of nitrogens with two attached hydrogens (primary N) is 2. The van der Waals surface area contributed by atoms with Crippen LogP contribution in [0.2, 0.25) is 0 Å². The first-order valence-corrected chi connectivity index (χ1v) is 4.48. The van der Waals surface area contributed by atoms with E-state index in [4.69, 9.17) is 11.5 Å². The van der Waals surface area contributed by atoms with Crippen LogP contribution in [0.15, 0.2) is 0 Å². The van der Waals surface area contributed by atoms with Gasteiger partial charge in [0.1, 0.15) is 0 Å². The summed E-state index contributed by atoms with van der Waals surface area (Å²) in [7, 11) is 4.15. The number of hydrogen-bond acceptors (Lipinski definition) is 4. The van der Waals surface area contributed by atoms with E-state index in [0.717, 1.165) is 26.1 Å². The Morgan fingerprint density at radius 3 is 2.58 bits per heavy atom. The second kappa shape index (κ2) is 7.49. The second-order valence-electron chi connectivity index (χ2n) is 3.36. The quantitative estimate of drug-likeness (QED) is 0.425. The second-order valence-corrected chi connectivity index (χ2v) is 3.36. The maximum atomic E-state index is 5.62. The molecule has 0 amide bonds. The van der Waals surface area contributed by atoms with E-state index in [-0.39, 0.29) is 6.04 Å². The molecule has 0 heterocycles. The monoisotopic (exact) mass is 174 g/mol. The number of hydrogen-bond donors (Lipinski definition) is 3. The molecule has 1 unspecified atom stereocenters. The average molecular weight is 174 g/mol. The predicted molar refractivity (Wildman–Crippen MR) is 53.1 cm³/mol. The first-order chi connectivity index (χ1) is 5.66. The smallest absolute Gasteiger partial charge is 0.0290 e. The van der Waals surface area contributed by atoms with Crippen molar-refractivity contribution < 1.29 is 0 Å². The van der Waals surface area contributed by atoms with Gasteiger partial charge in [0, 0.05) is 19.1 Å². The molecule has 4 nitrogen and oxygen atoms in total. The summed E-state index contributed by atoms with van der Waals surface area (Å²) in [6.07, 6.45) is 1.16. The normalized spacial score (nSPS) is 13.8. The van der Waals surface area contributed by atoms with Crippen molar-refractivity contribution in [2.45, 2.75) is 12.5 Å². The van der Waals surface area contributed by atoms with Crippen LogP contribution in [0, 0.1) is 0 Å². The summed E-state index contributed by atoms with van der Waals surface area (Å²) in [5.41, 5.74) is 11.0. The van der Waals surface area contributed by atoms with Gasteiger partial charge < -0.3 is 21.7 Å². The van der Waals surface area contributed by atoms with Gasteiger partial charge in [-0.25, -0.2) is 0 Å². The summed E-state index contributed by atoms with van der Waals surface area (Å²) in [5.74, 6) is 0. The summed E-state index contributed by atoms with van der Waals surface area (Å²) in [6, 6.07) is 0.101. The van der Waals surface area contributed by atoms with E-state index in [1.807, 2.05) is 0 Å². The molecule has 74 valence electrons. The van der Waals surface area contributed by atoms with Gasteiger partial charge >= 0.3 is 0 Å². The van der Waals surface area contributed by atoms with Crippen molar-refractivity contribution in [1.82, 2.24) is 10.2 Å². The third-order valence-electron chi connectivity index (χ3n) is 1.67. The van der Waals surface area contributed by atoms with Crippen molar-refractivity contribution in [2.75, 3.05) is 40.3 Å². The third-order valence-corrected chi connectivity index (χ3v) is 1.67.